The molecule has 3 rings (SSSR count). The minimum absolute atomic E-state index is 0.182. The van der Waals surface area contributed by atoms with Gasteiger partial charge in [-0.3, -0.25) is 4.79 Å². The zero-order chi connectivity index (χ0) is 17.8. The Labute approximate surface area is 147 Å². The minimum atomic E-state index is -0.389. The Hall–Kier alpha value is -3.08. The normalized spacial score (nSPS) is 12.4. The number of fused-ring (bicyclic) bond motifs is 1. The van der Waals surface area contributed by atoms with Gasteiger partial charge in [0.05, 0.1) is 6.21 Å². The molecule has 0 spiro atoms. The molecule has 1 aromatic heterocycles. The van der Waals surface area contributed by atoms with E-state index >= 15 is 0 Å². The number of aromatic nitrogens is 1. The number of amides is 1. The van der Waals surface area contributed by atoms with Gasteiger partial charge in [0.25, 0.3) is 5.91 Å². The number of hydrogen-bond acceptors (Lipinski definition) is 3. The number of benzene rings is 2. The molecule has 1 heterocycles. The Kier molecular flexibility index (Phi) is 4.84. The lowest BCUT2D eigenvalue weighted by atomic mass is 10.1. The largest absolute Gasteiger partial charge is 0.373 e. The molecule has 0 fully saturated rings. The van der Waals surface area contributed by atoms with Crippen molar-refractivity contribution in [3.63, 3.8) is 0 Å². The van der Waals surface area contributed by atoms with Crippen LogP contribution < -0.4 is 10.7 Å². The molecular weight excluding hydrogens is 312 g/mol. The average molecular weight is 334 g/mol. The second kappa shape index (κ2) is 7.21. The minimum Gasteiger partial charge on any atom is -0.373 e. The summed E-state index contributed by atoms with van der Waals surface area (Å²) in [5.41, 5.74) is 7.79. The van der Waals surface area contributed by atoms with Crippen molar-refractivity contribution < 1.29 is 4.79 Å². The maximum Gasteiger partial charge on any atom is 0.262 e. The number of H-pyrrole nitrogens is 1. The van der Waals surface area contributed by atoms with Gasteiger partial charge < -0.3 is 10.3 Å². The van der Waals surface area contributed by atoms with Gasteiger partial charge in [0.15, 0.2) is 0 Å². The second-order valence-electron chi connectivity index (χ2n) is 6.16. The molecule has 3 aromatic rings. The fourth-order valence-electron chi connectivity index (χ4n) is 2.79. The highest BCUT2D eigenvalue weighted by Gasteiger charge is 2.14. The van der Waals surface area contributed by atoms with E-state index in [0.29, 0.717) is 0 Å². The Morgan fingerprint density at radius 2 is 1.84 bits per heavy atom. The van der Waals surface area contributed by atoms with Gasteiger partial charge in [-0.05, 0) is 38.0 Å². The van der Waals surface area contributed by atoms with E-state index in [1.54, 1.807) is 6.21 Å². The first-order chi connectivity index (χ1) is 12.1. The van der Waals surface area contributed by atoms with Crippen molar-refractivity contribution in [2.45, 2.75) is 26.8 Å². The predicted molar refractivity (Wildman–Crippen MR) is 103 cm³/mol. The molecule has 5 nitrogen and oxygen atoms in total. The fraction of sp³-hybridized carbons (Fsp3) is 0.200. The van der Waals surface area contributed by atoms with Crippen LogP contribution in [0.5, 0.6) is 0 Å². The van der Waals surface area contributed by atoms with E-state index in [1.807, 2.05) is 69.4 Å². The third kappa shape index (κ3) is 3.71. The summed E-state index contributed by atoms with van der Waals surface area (Å²) in [4.78, 5) is 15.4. The van der Waals surface area contributed by atoms with Gasteiger partial charge in [-0.25, -0.2) is 5.43 Å². The number of nitrogens with zero attached hydrogens (tertiary/aromatic N) is 1. The molecule has 5 heteroatoms. The first kappa shape index (κ1) is 16.8. The van der Waals surface area contributed by atoms with Crippen molar-refractivity contribution in [2.75, 3.05) is 5.32 Å². The SMILES string of the molecule is Cc1cccc(C)c1NC(C)C(=O)N/N=C/c1c[nH]c2ccccc12. The molecule has 1 amide bonds. The van der Waals surface area contributed by atoms with Crippen LogP contribution in [0.2, 0.25) is 0 Å². The highest BCUT2D eigenvalue weighted by molar-refractivity contribution is 5.99. The van der Waals surface area contributed by atoms with Gasteiger partial charge in [-0.1, -0.05) is 36.4 Å². The number of nitrogens with one attached hydrogen (secondary N) is 3. The average Bonchev–Trinajstić information content (AvgIpc) is 3.01. The number of aryl methyl sites for hydroxylation is 2. The molecule has 0 saturated heterocycles. The predicted octanol–water partition coefficient (Wildman–Crippen LogP) is 3.74. The Balaban J connectivity index is 1.64. The number of para-hydroxylation sites is 2. The van der Waals surface area contributed by atoms with Gasteiger partial charge >= 0.3 is 0 Å². The van der Waals surface area contributed by atoms with Gasteiger partial charge in [0, 0.05) is 28.4 Å². The van der Waals surface area contributed by atoms with Crippen LogP contribution in [0.4, 0.5) is 5.69 Å². The number of carbonyl (C=O) groups is 1. The molecule has 0 radical (unpaired) electrons. The van der Waals surface area contributed by atoms with Crippen molar-refractivity contribution in [3.05, 3.63) is 65.4 Å². The highest BCUT2D eigenvalue weighted by atomic mass is 16.2. The van der Waals surface area contributed by atoms with Gasteiger partial charge in [0.2, 0.25) is 0 Å². The van der Waals surface area contributed by atoms with Crippen LogP contribution in [-0.2, 0) is 4.79 Å². The van der Waals surface area contributed by atoms with E-state index in [2.05, 4.69) is 20.8 Å². The topological polar surface area (TPSA) is 69.3 Å². The molecule has 0 bridgehead atoms. The van der Waals surface area contributed by atoms with E-state index in [1.165, 1.54) is 0 Å². The van der Waals surface area contributed by atoms with Crippen molar-refractivity contribution in [2.24, 2.45) is 5.10 Å². The lowest BCUT2D eigenvalue weighted by Gasteiger charge is -2.17. The quantitative estimate of drug-likeness (QED) is 0.491. The number of hydrazone groups is 1. The van der Waals surface area contributed by atoms with E-state index in [4.69, 9.17) is 0 Å². The third-order valence-electron chi connectivity index (χ3n) is 4.23. The molecule has 1 atom stereocenters. The summed E-state index contributed by atoms with van der Waals surface area (Å²) in [6.45, 7) is 5.87. The Bertz CT molecular complexity index is 906. The van der Waals surface area contributed by atoms with Gasteiger partial charge in [0.1, 0.15) is 6.04 Å². The van der Waals surface area contributed by atoms with E-state index in [9.17, 15) is 4.79 Å². The number of hydrogen-bond donors (Lipinski definition) is 3. The van der Waals surface area contributed by atoms with Crippen molar-refractivity contribution in [1.29, 1.82) is 0 Å². The zero-order valence-electron chi connectivity index (χ0n) is 14.6. The standard InChI is InChI=1S/C20H22N4O/c1-13-7-6-8-14(2)19(13)23-15(3)20(25)24-22-12-16-11-21-18-10-5-4-9-17(16)18/h4-12,15,21,23H,1-3H3,(H,24,25)/b22-12+. The first-order valence-corrected chi connectivity index (χ1v) is 8.28. The summed E-state index contributed by atoms with van der Waals surface area (Å²) in [6, 6.07) is 13.6. The lowest BCUT2D eigenvalue weighted by molar-refractivity contribution is -0.121. The Morgan fingerprint density at radius 1 is 1.12 bits per heavy atom. The highest BCUT2D eigenvalue weighted by Crippen LogP contribution is 2.20. The molecule has 0 saturated carbocycles. The van der Waals surface area contributed by atoms with Crippen LogP contribution in [0.25, 0.3) is 10.9 Å². The molecule has 2 aromatic carbocycles. The Morgan fingerprint density at radius 3 is 2.60 bits per heavy atom. The second-order valence-corrected chi connectivity index (χ2v) is 6.16. The summed E-state index contributed by atoms with van der Waals surface area (Å²) in [5, 5.41) is 8.42. The van der Waals surface area contributed by atoms with Gasteiger partial charge in [-0.15, -0.1) is 0 Å². The van der Waals surface area contributed by atoms with Crippen molar-refractivity contribution in [1.82, 2.24) is 10.4 Å². The molecular formula is C20H22N4O. The molecule has 1 unspecified atom stereocenters. The molecule has 25 heavy (non-hydrogen) atoms. The molecule has 128 valence electrons. The lowest BCUT2D eigenvalue weighted by Crippen LogP contribution is -2.35. The smallest absolute Gasteiger partial charge is 0.262 e. The summed E-state index contributed by atoms with van der Waals surface area (Å²) < 4.78 is 0. The number of aromatic amines is 1. The summed E-state index contributed by atoms with van der Waals surface area (Å²) >= 11 is 0. The number of anilines is 1. The van der Waals surface area contributed by atoms with Crippen LogP contribution in [0.3, 0.4) is 0 Å². The van der Waals surface area contributed by atoms with Crippen LogP contribution >= 0.6 is 0 Å². The molecule has 3 N–H and O–H groups in total. The summed E-state index contributed by atoms with van der Waals surface area (Å²) in [5.74, 6) is -0.182. The summed E-state index contributed by atoms with van der Waals surface area (Å²) in [6.07, 6.45) is 3.53. The number of carbonyl (C=O) groups excluding carboxylic acids is 1. The van der Waals surface area contributed by atoms with Crippen LogP contribution in [0, 0.1) is 13.8 Å². The third-order valence-corrected chi connectivity index (χ3v) is 4.23. The van der Waals surface area contributed by atoms with Crippen LogP contribution in [-0.4, -0.2) is 23.1 Å². The summed E-state index contributed by atoms with van der Waals surface area (Å²) in [7, 11) is 0. The monoisotopic (exact) mass is 334 g/mol. The molecule has 0 aliphatic rings. The molecule has 0 aliphatic heterocycles. The maximum absolute atomic E-state index is 12.3. The number of rotatable bonds is 5. The zero-order valence-corrected chi connectivity index (χ0v) is 14.6. The van der Waals surface area contributed by atoms with Gasteiger partial charge in [-0.2, -0.15) is 5.10 Å². The first-order valence-electron chi connectivity index (χ1n) is 8.28. The van der Waals surface area contributed by atoms with E-state index < -0.39 is 0 Å². The fourth-order valence-corrected chi connectivity index (χ4v) is 2.79. The van der Waals surface area contributed by atoms with Crippen LogP contribution in [0.15, 0.2) is 53.8 Å². The van der Waals surface area contributed by atoms with Crippen LogP contribution in [0.1, 0.15) is 23.6 Å². The van der Waals surface area contributed by atoms with E-state index in [-0.39, 0.29) is 11.9 Å². The maximum atomic E-state index is 12.3. The van der Waals surface area contributed by atoms with Crippen molar-refractivity contribution in [3.8, 4) is 0 Å². The van der Waals surface area contributed by atoms with E-state index in [0.717, 1.165) is 33.3 Å². The molecule has 0 aliphatic carbocycles. The van der Waals surface area contributed by atoms with Crippen molar-refractivity contribution >= 4 is 28.7 Å².